The lowest BCUT2D eigenvalue weighted by atomic mass is 10.0. The molecule has 0 N–H and O–H groups in total. The fourth-order valence-electron chi connectivity index (χ4n) is 1.84. The van der Waals surface area contributed by atoms with Gasteiger partial charge in [0.25, 0.3) is 0 Å². The average Bonchev–Trinajstić information content (AvgIpc) is 2.86. The monoisotopic (exact) mass is 260 g/mol. The first-order valence-electron chi connectivity index (χ1n) is 5.93. The summed E-state index contributed by atoms with van der Waals surface area (Å²) in [7, 11) is 1.63. The number of ketones is 1. The molecule has 94 valence electrons. The minimum absolute atomic E-state index is 0.0971. The average molecular weight is 260 g/mol. The van der Waals surface area contributed by atoms with Crippen LogP contribution in [-0.4, -0.2) is 12.9 Å². The van der Waals surface area contributed by atoms with Crippen molar-refractivity contribution in [2.75, 3.05) is 7.11 Å². The largest absolute Gasteiger partial charge is 0.497 e. The zero-order chi connectivity index (χ0) is 13.1. The van der Waals surface area contributed by atoms with Crippen LogP contribution in [0.2, 0.25) is 0 Å². The molecule has 0 radical (unpaired) electrons. The van der Waals surface area contributed by atoms with E-state index in [0.29, 0.717) is 0 Å². The van der Waals surface area contributed by atoms with Gasteiger partial charge in [0.1, 0.15) is 5.75 Å². The standard InChI is InChI=1S/C15H16O2S/c1-4-12-6-8-14(18-12)15(16)13-7-5-11(17-3)9-10(13)2/h5-9H,4H2,1-3H3. The maximum absolute atomic E-state index is 12.4. The molecule has 1 aromatic carbocycles. The van der Waals surface area contributed by atoms with Gasteiger partial charge >= 0.3 is 0 Å². The van der Waals surface area contributed by atoms with Crippen molar-refractivity contribution in [3.05, 3.63) is 51.2 Å². The number of thiophene rings is 1. The Morgan fingerprint density at radius 2 is 2.06 bits per heavy atom. The quantitative estimate of drug-likeness (QED) is 0.780. The van der Waals surface area contributed by atoms with Crippen molar-refractivity contribution in [2.24, 2.45) is 0 Å². The van der Waals surface area contributed by atoms with E-state index in [1.807, 2.05) is 37.3 Å². The van der Waals surface area contributed by atoms with Gasteiger partial charge in [0.15, 0.2) is 0 Å². The Morgan fingerprint density at radius 1 is 1.28 bits per heavy atom. The highest BCUT2D eigenvalue weighted by atomic mass is 32.1. The summed E-state index contributed by atoms with van der Waals surface area (Å²) in [5.41, 5.74) is 1.70. The predicted molar refractivity (Wildman–Crippen MR) is 74.9 cm³/mol. The molecule has 0 saturated carbocycles. The number of carbonyl (C=O) groups excluding carboxylic acids is 1. The van der Waals surface area contributed by atoms with E-state index in [1.54, 1.807) is 18.4 Å². The van der Waals surface area contributed by atoms with Crippen LogP contribution in [0.3, 0.4) is 0 Å². The highest BCUT2D eigenvalue weighted by Crippen LogP contribution is 2.24. The molecule has 0 saturated heterocycles. The van der Waals surface area contributed by atoms with Crippen molar-refractivity contribution in [3.8, 4) is 5.75 Å². The molecule has 0 aliphatic carbocycles. The van der Waals surface area contributed by atoms with Crippen molar-refractivity contribution in [1.29, 1.82) is 0 Å². The summed E-state index contributed by atoms with van der Waals surface area (Å²) < 4.78 is 5.15. The van der Waals surface area contributed by atoms with Gasteiger partial charge in [-0.2, -0.15) is 0 Å². The molecule has 2 rings (SSSR count). The molecule has 2 nitrogen and oxygen atoms in total. The summed E-state index contributed by atoms with van der Waals surface area (Å²) in [6.07, 6.45) is 0.972. The van der Waals surface area contributed by atoms with Crippen molar-refractivity contribution < 1.29 is 9.53 Å². The van der Waals surface area contributed by atoms with Crippen LogP contribution in [-0.2, 0) is 6.42 Å². The third kappa shape index (κ3) is 2.46. The van der Waals surface area contributed by atoms with Gasteiger partial charge < -0.3 is 4.74 Å². The Labute approximate surface area is 111 Å². The second-order valence-electron chi connectivity index (χ2n) is 4.13. The molecule has 18 heavy (non-hydrogen) atoms. The van der Waals surface area contributed by atoms with Crippen molar-refractivity contribution in [1.82, 2.24) is 0 Å². The summed E-state index contributed by atoms with van der Waals surface area (Å²) in [5.74, 6) is 0.879. The molecule has 0 fully saturated rings. The molecule has 0 atom stereocenters. The van der Waals surface area contributed by atoms with Gasteiger partial charge in [-0.05, 0) is 49.2 Å². The van der Waals surface area contributed by atoms with E-state index in [9.17, 15) is 4.79 Å². The van der Waals surface area contributed by atoms with Gasteiger partial charge in [-0.25, -0.2) is 0 Å². The van der Waals surface area contributed by atoms with Crippen LogP contribution in [0.5, 0.6) is 5.75 Å². The van der Waals surface area contributed by atoms with E-state index < -0.39 is 0 Å². The molecule has 1 aromatic heterocycles. The van der Waals surface area contributed by atoms with Gasteiger partial charge in [-0.1, -0.05) is 6.92 Å². The van der Waals surface area contributed by atoms with E-state index in [2.05, 4.69) is 6.92 Å². The molecular weight excluding hydrogens is 244 g/mol. The lowest BCUT2D eigenvalue weighted by Crippen LogP contribution is -2.01. The molecule has 1 heterocycles. The Bertz CT molecular complexity index is 570. The number of ether oxygens (including phenoxy) is 1. The van der Waals surface area contributed by atoms with Crippen LogP contribution in [0.4, 0.5) is 0 Å². The third-order valence-corrected chi connectivity index (χ3v) is 4.14. The topological polar surface area (TPSA) is 26.3 Å². The molecule has 0 unspecified atom stereocenters. The molecule has 2 aromatic rings. The van der Waals surface area contributed by atoms with Crippen LogP contribution in [0.1, 0.15) is 32.6 Å². The molecule has 3 heteroatoms. The maximum Gasteiger partial charge on any atom is 0.203 e. The van der Waals surface area contributed by atoms with Crippen LogP contribution in [0.25, 0.3) is 0 Å². The number of methoxy groups -OCH3 is 1. The normalized spacial score (nSPS) is 10.4. The lowest BCUT2D eigenvalue weighted by molar-refractivity contribution is 0.104. The molecule has 0 aliphatic heterocycles. The van der Waals surface area contributed by atoms with Crippen molar-refractivity contribution in [3.63, 3.8) is 0 Å². The first-order chi connectivity index (χ1) is 8.65. The molecule has 0 aliphatic rings. The second kappa shape index (κ2) is 5.36. The molecular formula is C15H16O2S. The van der Waals surface area contributed by atoms with Gasteiger partial charge in [0.05, 0.1) is 12.0 Å². The van der Waals surface area contributed by atoms with Crippen molar-refractivity contribution >= 4 is 17.1 Å². The van der Waals surface area contributed by atoms with Gasteiger partial charge in [-0.3, -0.25) is 4.79 Å². The zero-order valence-electron chi connectivity index (χ0n) is 10.8. The summed E-state index contributed by atoms with van der Waals surface area (Å²) in [6, 6.07) is 9.49. The molecule has 0 bridgehead atoms. The first kappa shape index (κ1) is 12.8. The SMILES string of the molecule is CCc1ccc(C(=O)c2ccc(OC)cc2C)s1. The Hall–Kier alpha value is -1.61. The molecule has 0 amide bonds. The summed E-state index contributed by atoms with van der Waals surface area (Å²) in [6.45, 7) is 4.03. The third-order valence-electron chi connectivity index (χ3n) is 2.91. The van der Waals surface area contributed by atoms with Crippen LogP contribution in [0.15, 0.2) is 30.3 Å². The summed E-state index contributed by atoms with van der Waals surface area (Å²) in [5, 5.41) is 0. The maximum atomic E-state index is 12.4. The van der Waals surface area contributed by atoms with Crippen molar-refractivity contribution in [2.45, 2.75) is 20.3 Å². The van der Waals surface area contributed by atoms with Gasteiger partial charge in [0.2, 0.25) is 5.78 Å². The van der Waals surface area contributed by atoms with Crippen LogP contribution in [0, 0.1) is 6.92 Å². The number of hydrogen-bond donors (Lipinski definition) is 0. The Kier molecular flexibility index (Phi) is 3.82. The summed E-state index contributed by atoms with van der Waals surface area (Å²) in [4.78, 5) is 14.4. The van der Waals surface area contributed by atoms with E-state index in [4.69, 9.17) is 4.74 Å². The van der Waals surface area contributed by atoms with E-state index in [-0.39, 0.29) is 5.78 Å². The Morgan fingerprint density at radius 3 is 2.61 bits per heavy atom. The van der Waals surface area contributed by atoms with E-state index >= 15 is 0 Å². The number of rotatable bonds is 4. The molecule has 0 spiro atoms. The van der Waals surface area contributed by atoms with Gasteiger partial charge in [0, 0.05) is 10.4 Å². The fraction of sp³-hybridized carbons (Fsp3) is 0.267. The Balaban J connectivity index is 2.33. The first-order valence-corrected chi connectivity index (χ1v) is 6.75. The van der Waals surface area contributed by atoms with Crippen LogP contribution >= 0.6 is 11.3 Å². The predicted octanol–water partition coefficient (Wildman–Crippen LogP) is 3.86. The number of hydrogen-bond acceptors (Lipinski definition) is 3. The zero-order valence-corrected chi connectivity index (χ0v) is 11.6. The smallest absolute Gasteiger partial charge is 0.203 e. The van der Waals surface area contributed by atoms with Crippen LogP contribution < -0.4 is 4.74 Å². The number of benzene rings is 1. The second-order valence-corrected chi connectivity index (χ2v) is 5.30. The van der Waals surface area contributed by atoms with Gasteiger partial charge in [-0.15, -0.1) is 11.3 Å². The van der Waals surface area contributed by atoms with E-state index in [0.717, 1.165) is 28.2 Å². The summed E-state index contributed by atoms with van der Waals surface area (Å²) >= 11 is 1.57. The highest BCUT2D eigenvalue weighted by molar-refractivity contribution is 7.14. The fourth-order valence-corrected chi connectivity index (χ4v) is 2.74. The minimum atomic E-state index is 0.0971. The highest BCUT2D eigenvalue weighted by Gasteiger charge is 2.14. The number of carbonyl (C=O) groups is 1. The number of aryl methyl sites for hydroxylation is 2. The lowest BCUT2D eigenvalue weighted by Gasteiger charge is -2.06. The van der Waals surface area contributed by atoms with E-state index in [1.165, 1.54) is 4.88 Å². The minimum Gasteiger partial charge on any atom is -0.497 e.